The molecule has 0 saturated carbocycles. The van der Waals surface area contributed by atoms with Crippen LogP contribution in [0.2, 0.25) is 0 Å². The molecule has 0 bridgehead atoms. The van der Waals surface area contributed by atoms with E-state index in [1.807, 2.05) is 87.6 Å². The van der Waals surface area contributed by atoms with Crippen LogP contribution in [0.1, 0.15) is 38.8 Å². The van der Waals surface area contributed by atoms with E-state index in [1.165, 1.54) is 0 Å². The predicted octanol–water partition coefficient (Wildman–Crippen LogP) is 3.71. The van der Waals surface area contributed by atoms with Crippen molar-refractivity contribution in [2.24, 2.45) is 0 Å². The summed E-state index contributed by atoms with van der Waals surface area (Å²) in [6, 6.07) is 16.2. The lowest BCUT2D eigenvalue weighted by Crippen LogP contribution is -2.48. The Bertz CT molecular complexity index is 967. The van der Waals surface area contributed by atoms with Gasteiger partial charge in [0.25, 0.3) is 0 Å². The quantitative estimate of drug-likeness (QED) is 0.591. The predicted molar refractivity (Wildman–Crippen MR) is 127 cm³/mol. The summed E-state index contributed by atoms with van der Waals surface area (Å²) in [4.78, 5) is 14.6. The number of halogens is 3. The minimum atomic E-state index is -4.48. The average Bonchev–Trinajstić information content (AvgIpc) is 2.97. The highest BCUT2D eigenvalue weighted by molar-refractivity contribution is 6.62. The molecule has 2 aromatic rings. The van der Waals surface area contributed by atoms with Crippen LogP contribution in [-0.4, -0.2) is 54.9 Å². The Morgan fingerprint density at radius 3 is 2.18 bits per heavy atom. The second-order valence-electron chi connectivity index (χ2n) is 9.79. The number of nitrogens with one attached hydrogen (secondary N) is 1. The van der Waals surface area contributed by atoms with E-state index in [1.54, 1.807) is 11.9 Å². The van der Waals surface area contributed by atoms with E-state index >= 15 is 0 Å². The van der Waals surface area contributed by atoms with Crippen LogP contribution in [0.4, 0.5) is 13.2 Å². The van der Waals surface area contributed by atoms with Crippen molar-refractivity contribution in [2.75, 3.05) is 13.6 Å². The van der Waals surface area contributed by atoms with Gasteiger partial charge in [0.1, 0.15) is 6.54 Å². The first-order chi connectivity index (χ1) is 15.8. The van der Waals surface area contributed by atoms with Crippen molar-refractivity contribution < 1.29 is 27.3 Å². The van der Waals surface area contributed by atoms with E-state index < -0.39 is 43.0 Å². The number of hydrogen-bond acceptors (Lipinski definition) is 4. The van der Waals surface area contributed by atoms with Crippen LogP contribution in [0.5, 0.6) is 0 Å². The zero-order valence-electron chi connectivity index (χ0n) is 20.3. The summed E-state index contributed by atoms with van der Waals surface area (Å²) in [5, 5.41) is 2.05. The second-order valence-corrected chi connectivity index (χ2v) is 9.79. The highest BCUT2D eigenvalue weighted by Gasteiger charge is 2.51. The van der Waals surface area contributed by atoms with Crippen molar-refractivity contribution in [2.45, 2.75) is 64.1 Å². The maximum atomic E-state index is 12.8. The number of alkyl halides is 3. The zero-order valence-corrected chi connectivity index (χ0v) is 20.3. The van der Waals surface area contributed by atoms with Gasteiger partial charge in [0.05, 0.1) is 17.2 Å². The summed E-state index contributed by atoms with van der Waals surface area (Å²) < 4.78 is 50.5. The number of carbonyl (C=O) groups is 1. The molecule has 2 aromatic carbocycles. The molecule has 0 radical (unpaired) electrons. The van der Waals surface area contributed by atoms with Crippen LogP contribution >= 0.6 is 0 Å². The first-order valence-corrected chi connectivity index (χ1v) is 11.3. The molecule has 0 aromatic heterocycles. The van der Waals surface area contributed by atoms with Crippen molar-refractivity contribution in [3.05, 3.63) is 65.7 Å². The van der Waals surface area contributed by atoms with Gasteiger partial charge in [-0.15, -0.1) is 0 Å². The van der Waals surface area contributed by atoms with Gasteiger partial charge in [-0.2, -0.15) is 13.2 Å². The van der Waals surface area contributed by atoms with Gasteiger partial charge < -0.3 is 14.6 Å². The van der Waals surface area contributed by atoms with E-state index in [2.05, 4.69) is 0 Å². The highest BCUT2D eigenvalue weighted by Crippen LogP contribution is 2.36. The van der Waals surface area contributed by atoms with Crippen molar-refractivity contribution in [3.8, 4) is 0 Å². The Kier molecular flexibility index (Phi) is 7.80. The Balaban J connectivity index is 1.80. The SMILES string of the molecule is CN(Cc1ccccc1)[C@@H](Cc1cccc(B2OC(C)(C)C(C)(C)O2)c1)C(=O)NCC(F)(F)F. The van der Waals surface area contributed by atoms with Gasteiger partial charge in [0.2, 0.25) is 5.91 Å². The number of amides is 1. The molecule has 184 valence electrons. The molecular weight excluding hydrogens is 444 g/mol. The largest absolute Gasteiger partial charge is 0.494 e. The van der Waals surface area contributed by atoms with Crippen LogP contribution in [0, 0.1) is 0 Å². The van der Waals surface area contributed by atoms with Crippen molar-refractivity contribution in [1.82, 2.24) is 10.2 Å². The first-order valence-electron chi connectivity index (χ1n) is 11.3. The fraction of sp³-hybridized carbons (Fsp3) is 0.480. The van der Waals surface area contributed by atoms with Crippen molar-refractivity contribution in [3.63, 3.8) is 0 Å². The number of likely N-dealkylation sites (N-methyl/N-ethyl adjacent to an activating group) is 1. The number of nitrogens with zero attached hydrogens (tertiary/aromatic N) is 1. The summed E-state index contributed by atoms with van der Waals surface area (Å²) in [6.45, 7) is 6.93. The molecule has 1 amide bonds. The van der Waals surface area contributed by atoms with Crippen LogP contribution in [0.3, 0.4) is 0 Å². The van der Waals surface area contributed by atoms with E-state index in [4.69, 9.17) is 9.31 Å². The van der Waals surface area contributed by atoms with Gasteiger partial charge in [-0.3, -0.25) is 9.69 Å². The summed E-state index contributed by atoms with van der Waals surface area (Å²) in [7, 11) is 1.17. The molecule has 1 aliphatic heterocycles. The molecule has 3 rings (SSSR count). The molecule has 5 nitrogen and oxygen atoms in total. The fourth-order valence-electron chi connectivity index (χ4n) is 3.80. The van der Waals surface area contributed by atoms with Crippen molar-refractivity contribution >= 4 is 18.5 Å². The molecule has 9 heteroatoms. The van der Waals surface area contributed by atoms with Gasteiger partial charge in [0.15, 0.2) is 0 Å². The summed E-state index contributed by atoms with van der Waals surface area (Å²) in [5.74, 6) is -0.670. The third kappa shape index (κ3) is 6.61. The number of hydrogen-bond donors (Lipinski definition) is 1. The zero-order chi connectivity index (χ0) is 25.1. The number of benzene rings is 2. The van der Waals surface area contributed by atoms with Gasteiger partial charge >= 0.3 is 13.3 Å². The fourth-order valence-corrected chi connectivity index (χ4v) is 3.80. The second kappa shape index (κ2) is 10.1. The molecule has 1 N–H and O–H groups in total. The van der Waals surface area contributed by atoms with Gasteiger partial charge in [-0.1, -0.05) is 54.6 Å². The minimum Gasteiger partial charge on any atom is -0.399 e. The van der Waals surface area contributed by atoms with E-state index in [0.29, 0.717) is 6.54 Å². The summed E-state index contributed by atoms with van der Waals surface area (Å²) in [5.41, 5.74) is 1.58. The van der Waals surface area contributed by atoms with Gasteiger partial charge in [-0.25, -0.2) is 0 Å². The lowest BCUT2D eigenvalue weighted by molar-refractivity contribution is -0.141. The monoisotopic (exact) mass is 476 g/mol. The number of carbonyl (C=O) groups excluding carboxylic acids is 1. The normalized spacial score (nSPS) is 18.2. The first kappa shape index (κ1) is 26.3. The number of rotatable bonds is 8. The molecule has 34 heavy (non-hydrogen) atoms. The Labute approximate surface area is 199 Å². The molecule has 1 saturated heterocycles. The summed E-state index contributed by atoms with van der Waals surface area (Å²) in [6.07, 6.45) is -4.24. The maximum absolute atomic E-state index is 12.8. The highest BCUT2D eigenvalue weighted by atomic mass is 19.4. The maximum Gasteiger partial charge on any atom is 0.494 e. The summed E-state index contributed by atoms with van der Waals surface area (Å²) >= 11 is 0. The lowest BCUT2D eigenvalue weighted by atomic mass is 9.78. The molecule has 1 fully saturated rings. The Morgan fingerprint density at radius 2 is 1.59 bits per heavy atom. The van der Waals surface area contributed by atoms with E-state index in [-0.39, 0.29) is 6.42 Å². The molecule has 0 aliphatic carbocycles. The lowest BCUT2D eigenvalue weighted by Gasteiger charge is -2.32. The Morgan fingerprint density at radius 1 is 1.00 bits per heavy atom. The van der Waals surface area contributed by atoms with Crippen LogP contribution in [-0.2, 0) is 27.1 Å². The molecule has 0 spiro atoms. The molecule has 1 heterocycles. The molecule has 1 atom stereocenters. The van der Waals surface area contributed by atoms with E-state index in [9.17, 15) is 18.0 Å². The third-order valence-electron chi connectivity index (χ3n) is 6.48. The molecular formula is C25H32BF3N2O3. The van der Waals surface area contributed by atoms with Crippen LogP contribution < -0.4 is 10.8 Å². The third-order valence-corrected chi connectivity index (χ3v) is 6.48. The molecule has 1 aliphatic rings. The minimum absolute atomic E-state index is 0.236. The average molecular weight is 476 g/mol. The molecule has 0 unspecified atom stereocenters. The van der Waals surface area contributed by atoms with E-state index in [0.717, 1.165) is 16.6 Å². The van der Waals surface area contributed by atoms with Crippen molar-refractivity contribution in [1.29, 1.82) is 0 Å². The van der Waals surface area contributed by atoms with Gasteiger partial charge in [-0.05, 0) is 57.8 Å². The topological polar surface area (TPSA) is 50.8 Å². The van der Waals surface area contributed by atoms with Crippen LogP contribution in [0.25, 0.3) is 0 Å². The van der Waals surface area contributed by atoms with Crippen LogP contribution in [0.15, 0.2) is 54.6 Å². The Hall–Kier alpha value is -2.36. The standard InChI is InChI=1S/C25H32BF3N2O3/c1-23(2)24(3,4)34-26(33-23)20-13-9-12-19(14-20)15-21(22(32)30-17-25(27,28)29)31(5)16-18-10-7-6-8-11-18/h6-14,21H,15-17H2,1-5H3,(H,30,32)/t21-/m0/s1. The smallest absolute Gasteiger partial charge is 0.399 e. The van der Waals surface area contributed by atoms with Gasteiger partial charge in [0, 0.05) is 6.54 Å².